The fraction of sp³-hybridized carbons (Fsp3) is 0.438. The van der Waals surface area contributed by atoms with Crippen molar-refractivity contribution >= 4 is 17.4 Å². The van der Waals surface area contributed by atoms with E-state index >= 15 is 0 Å². The van der Waals surface area contributed by atoms with E-state index in [1.165, 1.54) is 6.33 Å². The standard InChI is InChI=1S/C16H16F2N8O/c17-16(18)5-10(6-16)21-15(27)12-8-24(7-11-3-4-20-26(11)12)14-2-1-13-22-19-9-25(13)23-14/h1-4,9-10,12H,5-8H2,(H,21,27)/t12-/m1/s1. The minimum Gasteiger partial charge on any atom is -0.351 e. The molecule has 140 valence electrons. The molecule has 5 rings (SSSR count). The van der Waals surface area contributed by atoms with Crippen LogP contribution >= 0.6 is 0 Å². The van der Waals surface area contributed by atoms with E-state index in [4.69, 9.17) is 0 Å². The smallest absolute Gasteiger partial charge is 0.252 e. The summed E-state index contributed by atoms with van der Waals surface area (Å²) in [5.74, 6) is -2.32. The number of carbonyl (C=O) groups excluding carboxylic acids is 1. The molecule has 0 aromatic carbocycles. The van der Waals surface area contributed by atoms with Gasteiger partial charge in [0.25, 0.3) is 5.92 Å². The van der Waals surface area contributed by atoms with Crippen LogP contribution in [0.4, 0.5) is 14.6 Å². The average molecular weight is 374 g/mol. The molecule has 0 radical (unpaired) electrons. The summed E-state index contributed by atoms with van der Waals surface area (Å²) in [7, 11) is 0. The molecule has 3 aromatic heterocycles. The summed E-state index contributed by atoms with van der Waals surface area (Å²) in [5.41, 5.74) is 1.48. The van der Waals surface area contributed by atoms with Crippen molar-refractivity contribution in [2.45, 2.75) is 37.4 Å². The molecule has 0 unspecified atom stereocenters. The summed E-state index contributed by atoms with van der Waals surface area (Å²) in [5, 5.41) is 19.2. The maximum Gasteiger partial charge on any atom is 0.252 e. The molecule has 1 atom stereocenters. The lowest BCUT2D eigenvalue weighted by atomic mass is 9.88. The second-order valence-corrected chi connectivity index (χ2v) is 6.96. The van der Waals surface area contributed by atoms with Gasteiger partial charge in [-0.2, -0.15) is 9.61 Å². The van der Waals surface area contributed by atoms with E-state index < -0.39 is 18.0 Å². The Morgan fingerprint density at radius 1 is 1.26 bits per heavy atom. The maximum absolute atomic E-state index is 13.1. The molecule has 3 aromatic rings. The first kappa shape index (κ1) is 16.1. The highest BCUT2D eigenvalue weighted by Gasteiger charge is 2.46. The number of hydrogen-bond donors (Lipinski definition) is 1. The number of rotatable bonds is 3. The lowest BCUT2D eigenvalue weighted by molar-refractivity contribution is -0.132. The Morgan fingerprint density at radius 3 is 2.93 bits per heavy atom. The van der Waals surface area contributed by atoms with Crippen molar-refractivity contribution in [3.05, 3.63) is 36.4 Å². The van der Waals surface area contributed by atoms with E-state index in [9.17, 15) is 13.6 Å². The van der Waals surface area contributed by atoms with E-state index in [0.717, 1.165) is 5.69 Å². The molecular weight excluding hydrogens is 358 g/mol. The van der Waals surface area contributed by atoms with Gasteiger partial charge in [-0.05, 0) is 18.2 Å². The zero-order valence-corrected chi connectivity index (χ0v) is 14.2. The Morgan fingerprint density at radius 2 is 2.11 bits per heavy atom. The van der Waals surface area contributed by atoms with Gasteiger partial charge in [0.2, 0.25) is 5.91 Å². The van der Waals surface area contributed by atoms with Crippen LogP contribution < -0.4 is 10.2 Å². The Bertz CT molecular complexity index is 1010. The van der Waals surface area contributed by atoms with Crippen molar-refractivity contribution in [3.8, 4) is 0 Å². The van der Waals surface area contributed by atoms with Crippen molar-refractivity contribution in [2.24, 2.45) is 0 Å². The summed E-state index contributed by atoms with van der Waals surface area (Å²) >= 11 is 0. The number of nitrogens with zero attached hydrogens (tertiary/aromatic N) is 7. The third kappa shape index (κ3) is 2.78. The average Bonchev–Trinajstić information content (AvgIpc) is 3.27. The maximum atomic E-state index is 13.1. The number of fused-ring (bicyclic) bond motifs is 2. The number of anilines is 1. The van der Waals surface area contributed by atoms with Crippen molar-refractivity contribution < 1.29 is 13.6 Å². The molecule has 1 aliphatic heterocycles. The molecule has 0 spiro atoms. The van der Waals surface area contributed by atoms with Gasteiger partial charge < -0.3 is 10.2 Å². The second-order valence-electron chi connectivity index (χ2n) is 6.96. The first-order chi connectivity index (χ1) is 13.0. The molecule has 1 amide bonds. The van der Waals surface area contributed by atoms with Crippen LogP contribution in [0, 0.1) is 0 Å². The second kappa shape index (κ2) is 5.69. The van der Waals surface area contributed by atoms with E-state index in [0.29, 0.717) is 24.6 Å². The number of alkyl halides is 2. The molecule has 11 heteroatoms. The van der Waals surface area contributed by atoms with Crippen LogP contribution in [0.1, 0.15) is 24.6 Å². The van der Waals surface area contributed by atoms with Gasteiger partial charge >= 0.3 is 0 Å². The topological polar surface area (TPSA) is 93.2 Å². The molecule has 4 heterocycles. The molecule has 0 saturated heterocycles. The van der Waals surface area contributed by atoms with Gasteiger partial charge in [0.05, 0.1) is 18.8 Å². The van der Waals surface area contributed by atoms with Crippen molar-refractivity contribution in [3.63, 3.8) is 0 Å². The first-order valence-electron chi connectivity index (χ1n) is 8.61. The molecule has 1 aliphatic carbocycles. The van der Waals surface area contributed by atoms with Crippen molar-refractivity contribution in [2.75, 3.05) is 11.4 Å². The van der Waals surface area contributed by atoms with Gasteiger partial charge in [0, 0.05) is 25.1 Å². The molecule has 9 nitrogen and oxygen atoms in total. The zero-order valence-electron chi connectivity index (χ0n) is 14.2. The van der Waals surface area contributed by atoms with Crippen LogP contribution in [0.2, 0.25) is 0 Å². The SMILES string of the molecule is O=C(NC1CC(F)(F)C1)[C@H]1CN(c2ccc3nncn3n2)Cc2ccnn21. The fourth-order valence-corrected chi connectivity index (χ4v) is 3.61. The van der Waals surface area contributed by atoms with E-state index in [1.54, 1.807) is 21.5 Å². The highest BCUT2D eigenvalue weighted by molar-refractivity contribution is 5.81. The largest absolute Gasteiger partial charge is 0.351 e. The van der Waals surface area contributed by atoms with Crippen LogP contribution in [-0.2, 0) is 11.3 Å². The Kier molecular flexibility index (Phi) is 3.39. The lowest BCUT2D eigenvalue weighted by Gasteiger charge is -2.38. The van der Waals surface area contributed by atoms with Gasteiger partial charge in [-0.3, -0.25) is 9.48 Å². The normalized spacial score (nSPS) is 21.7. The summed E-state index contributed by atoms with van der Waals surface area (Å²) < 4.78 is 29.3. The molecule has 27 heavy (non-hydrogen) atoms. The van der Waals surface area contributed by atoms with E-state index in [2.05, 4.69) is 25.7 Å². The molecule has 1 saturated carbocycles. The Labute approximate surface area is 152 Å². The molecular formula is C16H16F2N8O. The monoisotopic (exact) mass is 374 g/mol. The van der Waals surface area contributed by atoms with E-state index in [-0.39, 0.29) is 18.7 Å². The Balaban J connectivity index is 1.39. The molecule has 1 N–H and O–H groups in total. The zero-order chi connectivity index (χ0) is 18.6. The fourth-order valence-electron chi connectivity index (χ4n) is 3.61. The van der Waals surface area contributed by atoms with Crippen molar-refractivity contribution in [1.29, 1.82) is 0 Å². The number of carbonyl (C=O) groups is 1. The first-order valence-corrected chi connectivity index (χ1v) is 8.61. The van der Waals surface area contributed by atoms with Gasteiger partial charge in [-0.15, -0.1) is 15.3 Å². The van der Waals surface area contributed by atoms with Gasteiger partial charge in [-0.25, -0.2) is 8.78 Å². The predicted molar refractivity (Wildman–Crippen MR) is 89.2 cm³/mol. The Hall–Kier alpha value is -3.11. The number of hydrogen-bond acceptors (Lipinski definition) is 6. The molecule has 1 fully saturated rings. The summed E-state index contributed by atoms with van der Waals surface area (Å²) in [6.07, 6.45) is 2.51. The number of nitrogens with one attached hydrogen (secondary N) is 1. The highest BCUT2D eigenvalue weighted by atomic mass is 19.3. The number of aromatic nitrogens is 6. The molecule has 0 bridgehead atoms. The summed E-state index contributed by atoms with van der Waals surface area (Å²) in [4.78, 5) is 14.7. The minimum absolute atomic E-state index is 0.310. The summed E-state index contributed by atoms with van der Waals surface area (Å²) in [6.45, 7) is 0.871. The van der Waals surface area contributed by atoms with Crippen LogP contribution in [0.25, 0.3) is 5.65 Å². The van der Waals surface area contributed by atoms with Crippen LogP contribution in [-0.4, -0.2) is 54.0 Å². The van der Waals surface area contributed by atoms with Gasteiger partial charge in [0.15, 0.2) is 5.65 Å². The third-order valence-electron chi connectivity index (χ3n) is 5.00. The summed E-state index contributed by atoms with van der Waals surface area (Å²) in [6, 6.07) is 4.34. The molecule has 2 aliphatic rings. The number of halogens is 2. The predicted octanol–water partition coefficient (Wildman–Crippen LogP) is 0.796. The van der Waals surface area contributed by atoms with Gasteiger partial charge in [0.1, 0.15) is 18.2 Å². The third-order valence-corrected chi connectivity index (χ3v) is 5.00. The van der Waals surface area contributed by atoms with Crippen molar-refractivity contribution in [1.82, 2.24) is 34.9 Å². The van der Waals surface area contributed by atoms with Crippen LogP contribution in [0.3, 0.4) is 0 Å². The highest BCUT2D eigenvalue weighted by Crippen LogP contribution is 2.37. The minimum atomic E-state index is -2.68. The van der Waals surface area contributed by atoms with Gasteiger partial charge in [-0.1, -0.05) is 0 Å². The van der Waals surface area contributed by atoms with Crippen LogP contribution in [0.5, 0.6) is 0 Å². The number of amides is 1. The quantitative estimate of drug-likeness (QED) is 0.729. The van der Waals surface area contributed by atoms with Crippen LogP contribution in [0.15, 0.2) is 30.7 Å². The lowest BCUT2D eigenvalue weighted by Crippen LogP contribution is -2.54. The van der Waals surface area contributed by atoms with E-state index in [1.807, 2.05) is 17.0 Å².